The third-order valence-corrected chi connectivity index (χ3v) is 8.89. The van der Waals surface area contributed by atoms with Gasteiger partial charge in [0.25, 0.3) is 5.91 Å². The summed E-state index contributed by atoms with van der Waals surface area (Å²) in [7, 11) is 0. The fourth-order valence-corrected chi connectivity index (χ4v) is 6.20. The molecule has 0 spiro atoms. The molecule has 0 atom stereocenters. The van der Waals surface area contributed by atoms with E-state index in [1.165, 1.54) is 18.3 Å². The maximum atomic E-state index is 12.5. The summed E-state index contributed by atoms with van der Waals surface area (Å²) in [5.74, 6) is -0.357. The normalized spacial score (nSPS) is 13.9. The van der Waals surface area contributed by atoms with Crippen LogP contribution in [0.1, 0.15) is 22.4 Å². The van der Waals surface area contributed by atoms with E-state index in [1.807, 2.05) is 54.6 Å². The number of hydrogen-bond donors (Lipinski definition) is 4. The predicted octanol–water partition coefficient (Wildman–Crippen LogP) is 4.52. The molecule has 13 heteroatoms. The van der Waals surface area contributed by atoms with Crippen LogP contribution in [0.4, 0.5) is 10.5 Å². The van der Waals surface area contributed by atoms with Gasteiger partial charge in [0.2, 0.25) is 0 Å². The third kappa shape index (κ3) is 8.50. The first-order valence-corrected chi connectivity index (χ1v) is 16.3. The lowest BCUT2D eigenvalue weighted by molar-refractivity contribution is -0.122. The number of urea groups is 1. The van der Waals surface area contributed by atoms with Crippen LogP contribution in [0, 0.1) is 6.92 Å². The fraction of sp³-hybridized carbons (Fsp3) is 0.229. The number of benzene rings is 3. The molecule has 2 aromatic heterocycles. The number of amides is 3. The quantitative estimate of drug-likeness (QED) is 0.0966. The lowest BCUT2D eigenvalue weighted by atomic mass is 10.1. The summed E-state index contributed by atoms with van der Waals surface area (Å²) in [6.07, 6.45) is 1.37. The number of aromatic nitrogens is 1. The zero-order valence-electron chi connectivity index (χ0n) is 26.3. The van der Waals surface area contributed by atoms with Gasteiger partial charge in [-0.2, -0.15) is 5.10 Å². The number of piperazine rings is 1. The monoisotopic (exact) mass is 665 g/mol. The molecule has 1 aliphatic rings. The number of anilines is 1. The smallest absolute Gasteiger partial charge is 0.336 e. The summed E-state index contributed by atoms with van der Waals surface area (Å²) < 4.78 is 5.14. The van der Waals surface area contributed by atoms with Crippen molar-refractivity contribution in [2.75, 3.05) is 38.0 Å². The summed E-state index contributed by atoms with van der Waals surface area (Å²) in [5, 5.41) is 23.7. The maximum absolute atomic E-state index is 12.5. The molecule has 0 radical (unpaired) electrons. The summed E-state index contributed by atoms with van der Waals surface area (Å²) in [5.41, 5.74) is 7.16. The Hall–Kier alpha value is -5.37. The second kappa shape index (κ2) is 15.0. The molecule has 0 aliphatic carbocycles. The number of phenolic OH excluding ortho intramolecular Hbond substituents is 1. The number of thiazole rings is 1. The Morgan fingerprint density at radius 3 is 2.54 bits per heavy atom. The Bertz CT molecular complexity index is 1980. The van der Waals surface area contributed by atoms with Crippen molar-refractivity contribution in [2.24, 2.45) is 5.10 Å². The summed E-state index contributed by atoms with van der Waals surface area (Å²) >= 11 is 1.59. The minimum absolute atomic E-state index is 0.107. The molecule has 3 aromatic carbocycles. The molecule has 3 heterocycles. The molecule has 4 N–H and O–H groups in total. The van der Waals surface area contributed by atoms with Crippen LogP contribution in [-0.4, -0.2) is 70.8 Å². The van der Waals surface area contributed by atoms with Crippen LogP contribution in [0.5, 0.6) is 5.75 Å². The van der Waals surface area contributed by atoms with E-state index in [4.69, 9.17) is 9.40 Å². The van der Waals surface area contributed by atoms with E-state index in [1.54, 1.807) is 24.3 Å². The Morgan fingerprint density at radius 1 is 1.02 bits per heavy atom. The highest BCUT2D eigenvalue weighted by atomic mass is 32.1. The Balaban J connectivity index is 0.925. The van der Waals surface area contributed by atoms with Crippen LogP contribution in [-0.2, 0) is 17.9 Å². The van der Waals surface area contributed by atoms with Crippen LogP contribution >= 0.6 is 11.3 Å². The molecule has 48 heavy (non-hydrogen) atoms. The van der Waals surface area contributed by atoms with E-state index in [0.717, 1.165) is 60.1 Å². The minimum atomic E-state index is -0.485. The molecule has 0 bridgehead atoms. The van der Waals surface area contributed by atoms with E-state index < -0.39 is 5.63 Å². The first-order valence-electron chi connectivity index (χ1n) is 15.5. The predicted molar refractivity (Wildman–Crippen MR) is 186 cm³/mol. The van der Waals surface area contributed by atoms with E-state index >= 15 is 0 Å². The van der Waals surface area contributed by atoms with E-state index in [2.05, 4.69) is 36.3 Å². The van der Waals surface area contributed by atoms with Gasteiger partial charge < -0.3 is 20.2 Å². The van der Waals surface area contributed by atoms with E-state index in [9.17, 15) is 19.5 Å². The number of fused-ring (bicyclic) bond motifs is 1. The molecular formula is C35H35N7O5S. The largest absolute Gasteiger partial charge is 0.507 e. The van der Waals surface area contributed by atoms with Crippen molar-refractivity contribution in [1.29, 1.82) is 0 Å². The topological polar surface area (TPSA) is 152 Å². The van der Waals surface area contributed by atoms with Crippen molar-refractivity contribution in [1.82, 2.24) is 25.5 Å². The average molecular weight is 666 g/mol. The van der Waals surface area contributed by atoms with Crippen molar-refractivity contribution in [2.45, 2.75) is 20.0 Å². The highest BCUT2D eigenvalue weighted by Gasteiger charge is 2.20. The summed E-state index contributed by atoms with van der Waals surface area (Å²) in [4.78, 5) is 45.6. The lowest BCUT2D eigenvalue weighted by Gasteiger charge is -2.33. The van der Waals surface area contributed by atoms with Gasteiger partial charge in [0.1, 0.15) is 16.3 Å². The van der Waals surface area contributed by atoms with Crippen LogP contribution in [0.3, 0.4) is 0 Å². The molecule has 6 rings (SSSR count). The molecule has 0 saturated carbocycles. The highest BCUT2D eigenvalue weighted by molar-refractivity contribution is 7.13. The summed E-state index contributed by atoms with van der Waals surface area (Å²) in [6, 6.07) is 21.5. The Kier molecular flexibility index (Phi) is 10.2. The highest BCUT2D eigenvalue weighted by Crippen LogP contribution is 2.27. The van der Waals surface area contributed by atoms with Gasteiger partial charge in [0.05, 0.1) is 18.5 Å². The molecule has 1 fully saturated rings. The van der Waals surface area contributed by atoms with Crippen molar-refractivity contribution in [3.05, 3.63) is 111 Å². The number of hydrazone groups is 1. The Labute approximate surface area is 280 Å². The number of carbonyl (C=O) groups excluding carboxylic acids is 2. The van der Waals surface area contributed by atoms with Crippen LogP contribution in [0.2, 0.25) is 0 Å². The maximum Gasteiger partial charge on any atom is 0.336 e. The van der Waals surface area contributed by atoms with Crippen molar-refractivity contribution >= 4 is 46.1 Å². The minimum Gasteiger partial charge on any atom is -0.507 e. The van der Waals surface area contributed by atoms with Gasteiger partial charge in [0.15, 0.2) is 0 Å². The van der Waals surface area contributed by atoms with E-state index in [-0.39, 0.29) is 29.8 Å². The number of aromatic hydroxyl groups is 1. The average Bonchev–Trinajstić information content (AvgIpc) is 3.54. The van der Waals surface area contributed by atoms with Gasteiger partial charge in [0, 0.05) is 79.0 Å². The first kappa shape index (κ1) is 32.6. The van der Waals surface area contributed by atoms with Crippen molar-refractivity contribution in [3.63, 3.8) is 0 Å². The van der Waals surface area contributed by atoms with Gasteiger partial charge in [-0.3, -0.25) is 14.6 Å². The number of aryl methyl sites for hydroxylation is 1. The van der Waals surface area contributed by atoms with Crippen molar-refractivity contribution in [3.8, 4) is 16.3 Å². The zero-order valence-corrected chi connectivity index (χ0v) is 27.1. The number of hydrogen-bond acceptors (Lipinski definition) is 10. The molecule has 5 aromatic rings. The van der Waals surface area contributed by atoms with E-state index in [0.29, 0.717) is 23.2 Å². The summed E-state index contributed by atoms with van der Waals surface area (Å²) in [6.45, 7) is 6.24. The molecule has 0 unspecified atom stereocenters. The molecular weight excluding hydrogens is 630 g/mol. The van der Waals surface area contributed by atoms with Crippen LogP contribution in [0.15, 0.2) is 92.5 Å². The number of phenols is 1. The third-order valence-electron chi connectivity index (χ3n) is 7.95. The van der Waals surface area contributed by atoms with Gasteiger partial charge in [-0.15, -0.1) is 11.3 Å². The number of nitrogens with zero attached hydrogens (tertiary/aromatic N) is 4. The molecule has 246 valence electrons. The number of rotatable bonds is 10. The fourth-order valence-electron chi connectivity index (χ4n) is 5.38. The molecule has 3 amide bonds. The molecule has 1 aliphatic heterocycles. The number of nitrogens with one attached hydrogen (secondary N) is 3. The Morgan fingerprint density at radius 2 is 1.77 bits per heavy atom. The SMILES string of the molecule is Cc1cc(=O)oc2cc(O)c(/C=N/NC(=O)CN3CCN(Cc4csc(-c5ccc(NC(=O)NCc6ccccc6)cc5)n4)CC3)cc12. The van der Waals surface area contributed by atoms with Crippen molar-refractivity contribution < 1.29 is 19.1 Å². The second-order valence-electron chi connectivity index (χ2n) is 11.5. The zero-order chi connectivity index (χ0) is 33.5. The number of carbonyl (C=O) groups is 2. The van der Waals surface area contributed by atoms with Crippen LogP contribution < -0.4 is 21.7 Å². The lowest BCUT2D eigenvalue weighted by Crippen LogP contribution is -2.48. The van der Waals surface area contributed by atoms with Gasteiger partial charge in [-0.1, -0.05) is 30.3 Å². The van der Waals surface area contributed by atoms with Gasteiger partial charge in [-0.25, -0.2) is 20.0 Å². The first-order chi connectivity index (χ1) is 23.3. The van der Waals surface area contributed by atoms with Gasteiger partial charge in [-0.05, 0) is 48.4 Å². The van der Waals surface area contributed by atoms with Gasteiger partial charge >= 0.3 is 11.7 Å². The molecule has 12 nitrogen and oxygen atoms in total. The molecule has 1 saturated heterocycles. The standard InChI is InChI=1S/C35H35N7O5S/c1-23-15-33(45)47-31-17-30(43)26(16-29(23)31)19-37-40-32(44)21-42-13-11-41(12-14-42)20-28-22-48-34(38-28)25-7-9-27(10-8-25)39-35(46)36-18-24-5-3-2-4-6-24/h2-10,15-17,19,22,43H,11-14,18,20-21H2,1H3,(H,40,44)(H2,36,39,46)/b37-19+. The van der Waals surface area contributed by atoms with Crippen LogP contribution in [0.25, 0.3) is 21.5 Å². The second-order valence-corrected chi connectivity index (χ2v) is 12.4.